The minimum atomic E-state index is -0.377. The Morgan fingerprint density at radius 2 is 1.73 bits per heavy atom. The first-order valence-corrected chi connectivity index (χ1v) is 8.90. The van der Waals surface area contributed by atoms with Crippen LogP contribution in [0.1, 0.15) is 11.1 Å². The number of methoxy groups -OCH3 is 2. The van der Waals surface area contributed by atoms with Gasteiger partial charge in [0.15, 0.2) is 0 Å². The van der Waals surface area contributed by atoms with E-state index in [1.54, 1.807) is 56.7 Å². The lowest BCUT2D eigenvalue weighted by Gasteiger charge is -2.13. The maximum Gasteiger partial charge on any atom is 0.298 e. The lowest BCUT2D eigenvalue weighted by Crippen LogP contribution is -2.27. The van der Waals surface area contributed by atoms with Gasteiger partial charge in [-0.3, -0.25) is 9.59 Å². The highest BCUT2D eigenvalue weighted by molar-refractivity contribution is 8.19. The summed E-state index contributed by atoms with van der Waals surface area (Å²) in [7, 11) is 3.14. The molecule has 0 radical (unpaired) electrons. The van der Waals surface area contributed by atoms with Gasteiger partial charge in [0.1, 0.15) is 11.5 Å². The lowest BCUT2D eigenvalue weighted by atomic mass is 10.1. The minimum Gasteiger partial charge on any atom is -0.496 e. The van der Waals surface area contributed by atoms with Gasteiger partial charge in [0.25, 0.3) is 11.1 Å². The zero-order valence-electron chi connectivity index (χ0n) is 14.4. The van der Waals surface area contributed by atoms with E-state index in [0.717, 1.165) is 22.2 Å². The number of nitrogens with zero attached hydrogens (tertiary/aromatic N) is 1. The van der Waals surface area contributed by atoms with E-state index in [1.807, 2.05) is 6.92 Å². The van der Waals surface area contributed by atoms with Gasteiger partial charge in [0.05, 0.1) is 24.8 Å². The zero-order valence-corrected chi connectivity index (χ0v) is 16.0. The van der Waals surface area contributed by atoms with E-state index in [9.17, 15) is 9.59 Å². The molecule has 5 nitrogen and oxygen atoms in total. The number of carbonyl (C=O) groups is 2. The quantitative estimate of drug-likeness (QED) is 0.695. The summed E-state index contributed by atoms with van der Waals surface area (Å²) < 4.78 is 10.7. The molecule has 0 saturated carbocycles. The Labute approximate surface area is 160 Å². The van der Waals surface area contributed by atoms with Gasteiger partial charge in [-0.1, -0.05) is 11.6 Å². The molecule has 1 aliphatic heterocycles. The highest BCUT2D eigenvalue weighted by Gasteiger charge is 2.36. The summed E-state index contributed by atoms with van der Waals surface area (Å²) >= 11 is 6.76. The Morgan fingerprint density at radius 1 is 1.04 bits per heavy atom. The second kappa shape index (κ2) is 7.43. The number of ether oxygens (including phenoxy) is 2. The van der Waals surface area contributed by atoms with Crippen LogP contribution in [0.5, 0.6) is 11.5 Å². The van der Waals surface area contributed by atoms with E-state index in [-0.39, 0.29) is 11.1 Å². The van der Waals surface area contributed by atoms with Gasteiger partial charge < -0.3 is 9.47 Å². The number of thioether (sulfide) groups is 1. The first kappa shape index (κ1) is 18.4. The third-order valence-corrected chi connectivity index (χ3v) is 5.10. The summed E-state index contributed by atoms with van der Waals surface area (Å²) in [5, 5.41) is 0.183. The molecule has 0 spiro atoms. The molecule has 1 aliphatic rings. The van der Waals surface area contributed by atoms with E-state index in [0.29, 0.717) is 32.7 Å². The molecular formula is C19H16ClNO4S. The van der Waals surface area contributed by atoms with Crippen molar-refractivity contribution in [1.82, 2.24) is 0 Å². The predicted molar refractivity (Wildman–Crippen MR) is 104 cm³/mol. The van der Waals surface area contributed by atoms with Crippen LogP contribution in [-0.4, -0.2) is 25.4 Å². The number of halogens is 1. The molecule has 3 rings (SSSR count). The maximum absolute atomic E-state index is 12.7. The molecule has 2 aromatic rings. The Bertz CT molecular complexity index is 909. The number of rotatable bonds is 4. The number of benzene rings is 2. The van der Waals surface area contributed by atoms with Crippen LogP contribution in [0.25, 0.3) is 6.08 Å². The van der Waals surface area contributed by atoms with Crippen LogP contribution in [0.2, 0.25) is 5.02 Å². The first-order valence-electron chi connectivity index (χ1n) is 7.71. The molecule has 0 atom stereocenters. The fourth-order valence-corrected chi connectivity index (χ4v) is 3.68. The molecule has 0 unspecified atom stereocenters. The standard InChI is InChI=1S/C19H16ClNO4S/c1-11-15(24-2)9-4-12(17(11)25-3)10-16-18(22)21(19(23)26-16)14-7-5-13(20)6-8-14/h4-10H,1-3H3/b16-10+. The smallest absolute Gasteiger partial charge is 0.298 e. The van der Waals surface area contributed by atoms with E-state index in [2.05, 4.69) is 0 Å². The van der Waals surface area contributed by atoms with Crippen molar-refractivity contribution >= 4 is 46.3 Å². The molecule has 2 aromatic carbocycles. The molecule has 1 heterocycles. The topological polar surface area (TPSA) is 55.8 Å². The van der Waals surface area contributed by atoms with Gasteiger partial charge in [-0.15, -0.1) is 0 Å². The Morgan fingerprint density at radius 3 is 2.35 bits per heavy atom. The summed E-state index contributed by atoms with van der Waals surface area (Å²) in [6.07, 6.45) is 1.66. The summed E-state index contributed by atoms with van der Waals surface area (Å²) in [5.74, 6) is 0.911. The normalized spacial score (nSPS) is 15.7. The van der Waals surface area contributed by atoms with Crippen molar-refractivity contribution in [1.29, 1.82) is 0 Å². The van der Waals surface area contributed by atoms with Crippen molar-refractivity contribution in [2.45, 2.75) is 6.92 Å². The lowest BCUT2D eigenvalue weighted by molar-refractivity contribution is -0.113. The van der Waals surface area contributed by atoms with Gasteiger partial charge in [-0.2, -0.15) is 0 Å². The second-order valence-electron chi connectivity index (χ2n) is 5.51. The van der Waals surface area contributed by atoms with Crippen LogP contribution in [-0.2, 0) is 4.79 Å². The number of carbonyl (C=O) groups excluding carboxylic acids is 2. The van der Waals surface area contributed by atoms with Crippen molar-refractivity contribution in [2.24, 2.45) is 0 Å². The highest BCUT2D eigenvalue weighted by Crippen LogP contribution is 2.39. The Hall–Kier alpha value is -2.44. The number of hydrogen-bond donors (Lipinski definition) is 0. The molecule has 1 fully saturated rings. The van der Waals surface area contributed by atoms with Crippen LogP contribution in [0, 0.1) is 6.92 Å². The number of anilines is 1. The molecule has 0 aliphatic carbocycles. The minimum absolute atomic E-state index is 0.327. The third-order valence-electron chi connectivity index (χ3n) is 3.98. The van der Waals surface area contributed by atoms with Crippen molar-refractivity contribution in [3.05, 3.63) is 57.5 Å². The molecule has 1 saturated heterocycles. The monoisotopic (exact) mass is 389 g/mol. The predicted octanol–water partition coefficient (Wildman–Crippen LogP) is 4.91. The largest absolute Gasteiger partial charge is 0.496 e. The van der Waals surface area contributed by atoms with E-state index >= 15 is 0 Å². The average Bonchev–Trinajstić information content (AvgIpc) is 2.90. The third kappa shape index (κ3) is 3.30. The van der Waals surface area contributed by atoms with Gasteiger partial charge >= 0.3 is 0 Å². The molecule has 0 bridgehead atoms. The van der Waals surface area contributed by atoms with Gasteiger partial charge in [-0.25, -0.2) is 4.90 Å². The fraction of sp³-hybridized carbons (Fsp3) is 0.158. The second-order valence-corrected chi connectivity index (χ2v) is 6.94. The fourth-order valence-electron chi connectivity index (χ4n) is 2.72. The average molecular weight is 390 g/mol. The molecule has 0 N–H and O–H groups in total. The number of amides is 2. The molecule has 0 aromatic heterocycles. The van der Waals surface area contributed by atoms with Crippen LogP contribution in [0.3, 0.4) is 0 Å². The van der Waals surface area contributed by atoms with Gasteiger partial charge in [0.2, 0.25) is 0 Å². The van der Waals surface area contributed by atoms with Crippen LogP contribution in [0.4, 0.5) is 10.5 Å². The zero-order chi connectivity index (χ0) is 18.8. The van der Waals surface area contributed by atoms with Crippen molar-refractivity contribution in [3.63, 3.8) is 0 Å². The van der Waals surface area contributed by atoms with Crippen LogP contribution < -0.4 is 14.4 Å². The molecule has 26 heavy (non-hydrogen) atoms. The SMILES string of the molecule is COc1ccc(/C=C2/SC(=O)N(c3ccc(Cl)cc3)C2=O)c(OC)c1C. The van der Waals surface area contributed by atoms with Gasteiger partial charge in [0, 0.05) is 16.1 Å². The maximum atomic E-state index is 12.7. The van der Waals surface area contributed by atoms with E-state index in [4.69, 9.17) is 21.1 Å². The van der Waals surface area contributed by atoms with Crippen molar-refractivity contribution in [3.8, 4) is 11.5 Å². The van der Waals surface area contributed by atoms with E-state index < -0.39 is 0 Å². The molecular weight excluding hydrogens is 374 g/mol. The number of hydrogen-bond acceptors (Lipinski definition) is 5. The molecule has 134 valence electrons. The Kier molecular flexibility index (Phi) is 5.25. The highest BCUT2D eigenvalue weighted by atomic mass is 35.5. The number of imide groups is 1. The van der Waals surface area contributed by atoms with Crippen LogP contribution in [0.15, 0.2) is 41.3 Å². The van der Waals surface area contributed by atoms with Crippen molar-refractivity contribution in [2.75, 3.05) is 19.1 Å². The first-order chi connectivity index (χ1) is 12.5. The Balaban J connectivity index is 1.98. The molecule has 2 amide bonds. The molecule has 7 heteroatoms. The summed E-state index contributed by atoms with van der Waals surface area (Å²) in [5.41, 5.74) is 2.01. The van der Waals surface area contributed by atoms with Crippen LogP contribution >= 0.6 is 23.4 Å². The summed E-state index contributed by atoms with van der Waals surface area (Å²) in [6.45, 7) is 1.87. The van der Waals surface area contributed by atoms with Gasteiger partial charge in [-0.05, 0) is 61.2 Å². The summed E-state index contributed by atoms with van der Waals surface area (Å²) in [6, 6.07) is 10.1. The van der Waals surface area contributed by atoms with Crippen molar-refractivity contribution < 1.29 is 19.1 Å². The summed E-state index contributed by atoms with van der Waals surface area (Å²) in [4.78, 5) is 26.5. The van der Waals surface area contributed by atoms with E-state index in [1.165, 1.54) is 0 Å².